The third kappa shape index (κ3) is 2.81. The number of hydrogen-bond donors (Lipinski definition) is 2. The molecule has 1 unspecified atom stereocenters. The van der Waals surface area contributed by atoms with Gasteiger partial charge in [0.25, 0.3) is 0 Å². The molecule has 82 valence electrons. The SMILES string of the molecule is CC(C(=O)NCCc1cnc[nH]1)C1CC1. The molecule has 1 aromatic heterocycles. The number of H-pyrrole nitrogens is 1. The molecule has 1 saturated carbocycles. The van der Waals surface area contributed by atoms with Crippen LogP contribution in [0.25, 0.3) is 0 Å². The third-order valence-corrected chi connectivity index (χ3v) is 2.99. The van der Waals surface area contributed by atoms with Crippen molar-refractivity contribution in [3.8, 4) is 0 Å². The van der Waals surface area contributed by atoms with Gasteiger partial charge in [-0.1, -0.05) is 6.92 Å². The lowest BCUT2D eigenvalue weighted by Crippen LogP contribution is -2.31. The summed E-state index contributed by atoms with van der Waals surface area (Å²) < 4.78 is 0. The highest BCUT2D eigenvalue weighted by Gasteiger charge is 2.32. The van der Waals surface area contributed by atoms with Gasteiger partial charge >= 0.3 is 0 Å². The predicted octanol–water partition coefficient (Wildman–Crippen LogP) is 1.11. The van der Waals surface area contributed by atoms with Gasteiger partial charge in [-0.15, -0.1) is 0 Å². The molecule has 0 spiro atoms. The van der Waals surface area contributed by atoms with E-state index >= 15 is 0 Å². The van der Waals surface area contributed by atoms with Gasteiger partial charge in [0.05, 0.1) is 6.33 Å². The summed E-state index contributed by atoms with van der Waals surface area (Å²) in [5.74, 6) is 1.01. The van der Waals surface area contributed by atoms with Crippen LogP contribution in [0.15, 0.2) is 12.5 Å². The van der Waals surface area contributed by atoms with Gasteiger partial charge in [-0.2, -0.15) is 0 Å². The van der Waals surface area contributed by atoms with Crippen molar-refractivity contribution < 1.29 is 4.79 Å². The molecule has 15 heavy (non-hydrogen) atoms. The predicted molar refractivity (Wildman–Crippen MR) is 57.2 cm³/mol. The number of aromatic nitrogens is 2. The van der Waals surface area contributed by atoms with Crippen LogP contribution in [0.2, 0.25) is 0 Å². The van der Waals surface area contributed by atoms with Crippen molar-refractivity contribution in [1.82, 2.24) is 15.3 Å². The zero-order chi connectivity index (χ0) is 10.7. The van der Waals surface area contributed by atoms with Crippen molar-refractivity contribution in [3.05, 3.63) is 18.2 Å². The van der Waals surface area contributed by atoms with Crippen LogP contribution in [0.4, 0.5) is 0 Å². The zero-order valence-corrected chi connectivity index (χ0v) is 8.99. The quantitative estimate of drug-likeness (QED) is 0.760. The Bertz CT molecular complexity index is 317. The molecule has 4 heteroatoms. The van der Waals surface area contributed by atoms with Crippen LogP contribution in [0.1, 0.15) is 25.5 Å². The number of hydrogen-bond acceptors (Lipinski definition) is 2. The summed E-state index contributed by atoms with van der Waals surface area (Å²) >= 11 is 0. The first kappa shape index (κ1) is 10.2. The smallest absolute Gasteiger partial charge is 0.223 e. The molecule has 0 saturated heterocycles. The molecule has 1 atom stereocenters. The topological polar surface area (TPSA) is 57.8 Å². The molecular weight excluding hydrogens is 190 g/mol. The van der Waals surface area contributed by atoms with Gasteiger partial charge in [-0.05, 0) is 18.8 Å². The third-order valence-electron chi connectivity index (χ3n) is 2.99. The fourth-order valence-corrected chi connectivity index (χ4v) is 1.71. The average Bonchev–Trinajstić information content (AvgIpc) is 2.96. The molecule has 1 aliphatic carbocycles. The molecule has 0 aromatic carbocycles. The number of imidazole rings is 1. The second-order valence-corrected chi connectivity index (χ2v) is 4.24. The summed E-state index contributed by atoms with van der Waals surface area (Å²) in [7, 11) is 0. The molecule has 0 bridgehead atoms. The second kappa shape index (κ2) is 4.47. The monoisotopic (exact) mass is 207 g/mol. The van der Waals surface area contributed by atoms with Crippen molar-refractivity contribution in [2.75, 3.05) is 6.54 Å². The van der Waals surface area contributed by atoms with E-state index in [1.807, 2.05) is 6.92 Å². The Kier molecular flexibility index (Phi) is 3.04. The van der Waals surface area contributed by atoms with E-state index < -0.39 is 0 Å². The van der Waals surface area contributed by atoms with Gasteiger partial charge in [0, 0.05) is 30.8 Å². The van der Waals surface area contributed by atoms with E-state index in [-0.39, 0.29) is 11.8 Å². The van der Waals surface area contributed by atoms with E-state index in [1.54, 1.807) is 12.5 Å². The first-order valence-electron chi connectivity index (χ1n) is 5.52. The van der Waals surface area contributed by atoms with Crippen molar-refractivity contribution in [2.45, 2.75) is 26.2 Å². The highest BCUT2D eigenvalue weighted by molar-refractivity contribution is 5.78. The first-order chi connectivity index (χ1) is 7.27. The summed E-state index contributed by atoms with van der Waals surface area (Å²) in [5, 5.41) is 2.96. The molecule has 2 N–H and O–H groups in total. The number of carbonyl (C=O) groups excluding carboxylic acids is 1. The van der Waals surface area contributed by atoms with Gasteiger partial charge in [-0.3, -0.25) is 4.79 Å². The molecule has 1 fully saturated rings. The van der Waals surface area contributed by atoms with E-state index in [0.717, 1.165) is 12.1 Å². The minimum Gasteiger partial charge on any atom is -0.355 e. The molecular formula is C11H17N3O. The second-order valence-electron chi connectivity index (χ2n) is 4.24. The van der Waals surface area contributed by atoms with Gasteiger partial charge in [0.2, 0.25) is 5.91 Å². The summed E-state index contributed by atoms with van der Waals surface area (Å²) in [4.78, 5) is 18.6. The van der Waals surface area contributed by atoms with Crippen LogP contribution < -0.4 is 5.32 Å². The van der Waals surface area contributed by atoms with Crippen molar-refractivity contribution >= 4 is 5.91 Å². The molecule has 1 aromatic rings. The number of nitrogens with zero attached hydrogens (tertiary/aromatic N) is 1. The Hall–Kier alpha value is -1.32. The lowest BCUT2D eigenvalue weighted by atomic mass is 10.1. The van der Waals surface area contributed by atoms with Gasteiger partial charge in [0.15, 0.2) is 0 Å². The first-order valence-corrected chi connectivity index (χ1v) is 5.52. The Morgan fingerprint density at radius 3 is 3.13 bits per heavy atom. The molecule has 2 rings (SSSR count). The van der Waals surface area contributed by atoms with Gasteiger partial charge in [0.1, 0.15) is 0 Å². The van der Waals surface area contributed by atoms with Gasteiger partial charge < -0.3 is 10.3 Å². The minimum absolute atomic E-state index is 0.187. The number of amides is 1. The highest BCUT2D eigenvalue weighted by atomic mass is 16.1. The fourth-order valence-electron chi connectivity index (χ4n) is 1.71. The number of aromatic amines is 1. The molecule has 1 amide bonds. The highest BCUT2D eigenvalue weighted by Crippen LogP contribution is 2.36. The van der Waals surface area contributed by atoms with E-state index in [1.165, 1.54) is 12.8 Å². The maximum absolute atomic E-state index is 11.6. The maximum atomic E-state index is 11.6. The van der Waals surface area contributed by atoms with E-state index in [4.69, 9.17) is 0 Å². The van der Waals surface area contributed by atoms with Gasteiger partial charge in [-0.25, -0.2) is 4.98 Å². The van der Waals surface area contributed by atoms with Crippen LogP contribution in [0.3, 0.4) is 0 Å². The zero-order valence-electron chi connectivity index (χ0n) is 8.99. The summed E-state index contributed by atoms with van der Waals surface area (Å²) in [6, 6.07) is 0. The normalized spacial score (nSPS) is 17.4. The molecule has 0 radical (unpaired) electrons. The van der Waals surface area contributed by atoms with Crippen LogP contribution >= 0.6 is 0 Å². The van der Waals surface area contributed by atoms with Crippen molar-refractivity contribution in [2.24, 2.45) is 11.8 Å². The van der Waals surface area contributed by atoms with Crippen LogP contribution in [0.5, 0.6) is 0 Å². The molecule has 0 aliphatic heterocycles. The summed E-state index contributed by atoms with van der Waals surface area (Å²) in [6.07, 6.45) is 6.70. The van der Waals surface area contributed by atoms with Crippen LogP contribution in [-0.2, 0) is 11.2 Å². The average molecular weight is 207 g/mol. The Balaban J connectivity index is 1.67. The van der Waals surface area contributed by atoms with E-state index in [9.17, 15) is 4.79 Å². The van der Waals surface area contributed by atoms with Crippen molar-refractivity contribution in [3.63, 3.8) is 0 Å². The summed E-state index contributed by atoms with van der Waals surface area (Å²) in [6.45, 7) is 2.71. The molecule has 1 heterocycles. The molecule has 4 nitrogen and oxygen atoms in total. The number of nitrogens with one attached hydrogen (secondary N) is 2. The number of rotatable bonds is 5. The Labute approximate surface area is 89.5 Å². The maximum Gasteiger partial charge on any atom is 0.223 e. The lowest BCUT2D eigenvalue weighted by molar-refractivity contribution is -0.125. The van der Waals surface area contributed by atoms with E-state index in [2.05, 4.69) is 15.3 Å². The summed E-state index contributed by atoms with van der Waals surface area (Å²) in [5.41, 5.74) is 1.06. The minimum atomic E-state index is 0.187. The van der Waals surface area contributed by atoms with E-state index in [0.29, 0.717) is 12.5 Å². The van der Waals surface area contributed by atoms with Crippen molar-refractivity contribution in [1.29, 1.82) is 0 Å². The van der Waals surface area contributed by atoms with Crippen LogP contribution in [0, 0.1) is 11.8 Å². The Morgan fingerprint density at radius 2 is 2.53 bits per heavy atom. The van der Waals surface area contributed by atoms with Crippen LogP contribution in [-0.4, -0.2) is 22.4 Å². The molecule has 1 aliphatic rings. The number of carbonyl (C=O) groups is 1. The lowest BCUT2D eigenvalue weighted by Gasteiger charge is -2.10. The Morgan fingerprint density at radius 1 is 1.73 bits per heavy atom. The standard InChI is InChI=1S/C11H17N3O/c1-8(9-2-3-9)11(15)13-5-4-10-6-12-7-14-10/h6-9H,2-5H2,1H3,(H,12,14)(H,13,15). The largest absolute Gasteiger partial charge is 0.355 e. The fraction of sp³-hybridized carbons (Fsp3) is 0.636.